The third-order valence-corrected chi connectivity index (χ3v) is 2.57. The molecule has 0 spiro atoms. The summed E-state index contributed by atoms with van der Waals surface area (Å²) in [7, 11) is 0. The molecule has 1 aromatic rings. The molecule has 1 heterocycles. The summed E-state index contributed by atoms with van der Waals surface area (Å²) in [6, 6.07) is 3.20. The summed E-state index contributed by atoms with van der Waals surface area (Å²) in [5.74, 6) is -0.200. The molecule has 0 aromatic carbocycles. The van der Waals surface area contributed by atoms with E-state index in [1.807, 2.05) is 6.26 Å². The molecule has 0 aliphatic rings. The summed E-state index contributed by atoms with van der Waals surface area (Å²) in [5, 5.41) is 12.2. The molecule has 0 aliphatic heterocycles. The van der Waals surface area contributed by atoms with Crippen LogP contribution in [0.5, 0.6) is 0 Å². The zero-order chi connectivity index (χ0) is 11.3. The van der Waals surface area contributed by atoms with Gasteiger partial charge in [-0.3, -0.25) is 4.79 Å². The molecule has 0 saturated heterocycles. The summed E-state index contributed by atoms with van der Waals surface area (Å²) in [5.41, 5.74) is 0.547. The minimum Gasteiger partial charge on any atom is -0.394 e. The van der Waals surface area contributed by atoms with Crippen molar-refractivity contribution in [3.05, 3.63) is 23.9 Å². The fourth-order valence-electron chi connectivity index (χ4n) is 1.07. The molecule has 82 valence electrons. The number of pyridine rings is 1. The Morgan fingerprint density at radius 3 is 3.07 bits per heavy atom. The number of thioether (sulfide) groups is 1. The Labute approximate surface area is 93.1 Å². The minimum absolute atomic E-state index is 0.0688. The van der Waals surface area contributed by atoms with Crippen LogP contribution in [-0.2, 0) is 0 Å². The maximum Gasteiger partial charge on any atom is 0.254 e. The van der Waals surface area contributed by atoms with Gasteiger partial charge in [-0.2, -0.15) is 0 Å². The number of carbonyl (C=O) groups is 1. The summed E-state index contributed by atoms with van der Waals surface area (Å²) in [4.78, 5) is 15.8. The van der Waals surface area contributed by atoms with E-state index in [4.69, 9.17) is 5.11 Å². The fourth-order valence-corrected chi connectivity index (χ4v) is 1.62. The largest absolute Gasteiger partial charge is 0.394 e. The predicted octanol–water partition coefficient (Wildman–Crippen LogP) is 0.914. The molecule has 0 bridgehead atoms. The molecular formula is C10H14N2O2S. The Kier molecular flexibility index (Phi) is 4.58. The first-order valence-electron chi connectivity index (χ1n) is 4.59. The zero-order valence-electron chi connectivity index (χ0n) is 8.73. The van der Waals surface area contributed by atoms with Crippen LogP contribution in [-0.4, -0.2) is 34.9 Å². The third-order valence-electron chi connectivity index (χ3n) is 1.86. The van der Waals surface area contributed by atoms with Gasteiger partial charge in [0.15, 0.2) is 0 Å². The second kappa shape index (κ2) is 5.72. The van der Waals surface area contributed by atoms with Crippen molar-refractivity contribution >= 4 is 17.7 Å². The average molecular weight is 226 g/mol. The Morgan fingerprint density at radius 1 is 1.73 bits per heavy atom. The maximum atomic E-state index is 11.7. The first-order chi connectivity index (χ1) is 7.19. The van der Waals surface area contributed by atoms with Crippen LogP contribution < -0.4 is 5.32 Å². The van der Waals surface area contributed by atoms with Gasteiger partial charge in [0, 0.05) is 12.2 Å². The molecule has 2 N–H and O–H groups in total. The molecule has 0 aliphatic carbocycles. The van der Waals surface area contributed by atoms with Crippen molar-refractivity contribution in [3.63, 3.8) is 0 Å². The van der Waals surface area contributed by atoms with Crippen molar-refractivity contribution < 1.29 is 9.90 Å². The maximum absolute atomic E-state index is 11.7. The van der Waals surface area contributed by atoms with Gasteiger partial charge >= 0.3 is 0 Å². The van der Waals surface area contributed by atoms with Gasteiger partial charge in [-0.05, 0) is 25.3 Å². The van der Waals surface area contributed by atoms with Gasteiger partial charge in [0.25, 0.3) is 5.91 Å². The van der Waals surface area contributed by atoms with Gasteiger partial charge in [0.2, 0.25) is 0 Å². The second-order valence-corrected chi connectivity index (χ2v) is 3.91. The number of hydrogen-bond acceptors (Lipinski definition) is 4. The predicted molar refractivity (Wildman–Crippen MR) is 60.0 cm³/mol. The number of aliphatic hydroxyl groups is 1. The molecule has 1 amide bonds. The van der Waals surface area contributed by atoms with Crippen molar-refractivity contribution in [2.45, 2.75) is 18.0 Å². The highest BCUT2D eigenvalue weighted by Gasteiger charge is 2.13. The topological polar surface area (TPSA) is 62.2 Å². The molecule has 0 saturated carbocycles. The van der Waals surface area contributed by atoms with Gasteiger partial charge in [-0.15, -0.1) is 11.8 Å². The van der Waals surface area contributed by atoms with Crippen molar-refractivity contribution in [2.24, 2.45) is 0 Å². The lowest BCUT2D eigenvalue weighted by molar-refractivity contribution is 0.0918. The lowest BCUT2D eigenvalue weighted by Crippen LogP contribution is -2.35. The van der Waals surface area contributed by atoms with Crippen LogP contribution in [0.4, 0.5) is 0 Å². The highest BCUT2D eigenvalue weighted by atomic mass is 32.2. The monoisotopic (exact) mass is 226 g/mol. The summed E-state index contributed by atoms with van der Waals surface area (Å²) >= 11 is 1.42. The van der Waals surface area contributed by atoms with E-state index in [0.29, 0.717) is 10.6 Å². The highest BCUT2D eigenvalue weighted by molar-refractivity contribution is 7.98. The summed E-state index contributed by atoms with van der Waals surface area (Å²) in [6.45, 7) is 1.67. The quantitative estimate of drug-likeness (QED) is 0.749. The SMILES string of the molecule is CSc1ncccc1C(=O)N[C@H](C)CO. The number of hydrogen-bond donors (Lipinski definition) is 2. The van der Waals surface area contributed by atoms with Crippen LogP contribution in [0.15, 0.2) is 23.4 Å². The lowest BCUT2D eigenvalue weighted by Gasteiger charge is -2.11. The molecule has 15 heavy (non-hydrogen) atoms. The Bertz CT molecular complexity index is 344. The number of amides is 1. The molecule has 0 radical (unpaired) electrons. The van der Waals surface area contributed by atoms with E-state index in [1.165, 1.54) is 11.8 Å². The van der Waals surface area contributed by atoms with E-state index in [9.17, 15) is 4.79 Å². The first-order valence-corrected chi connectivity index (χ1v) is 5.82. The molecule has 1 rings (SSSR count). The smallest absolute Gasteiger partial charge is 0.254 e. The number of aromatic nitrogens is 1. The van der Waals surface area contributed by atoms with Crippen LogP contribution in [0.1, 0.15) is 17.3 Å². The van der Waals surface area contributed by atoms with Crippen molar-refractivity contribution in [1.29, 1.82) is 0 Å². The minimum atomic E-state index is -0.243. The average Bonchev–Trinajstić information content (AvgIpc) is 2.28. The number of rotatable bonds is 4. The molecule has 0 unspecified atom stereocenters. The summed E-state index contributed by atoms with van der Waals surface area (Å²) in [6.07, 6.45) is 3.52. The van der Waals surface area contributed by atoms with E-state index in [2.05, 4.69) is 10.3 Å². The third kappa shape index (κ3) is 3.21. The highest BCUT2D eigenvalue weighted by Crippen LogP contribution is 2.16. The number of nitrogens with one attached hydrogen (secondary N) is 1. The van der Waals surface area contributed by atoms with Crippen molar-refractivity contribution in [2.75, 3.05) is 12.9 Å². The van der Waals surface area contributed by atoms with Crippen LogP contribution in [0.25, 0.3) is 0 Å². The van der Waals surface area contributed by atoms with Crippen molar-refractivity contribution in [3.8, 4) is 0 Å². The zero-order valence-corrected chi connectivity index (χ0v) is 9.54. The molecule has 0 fully saturated rings. The number of nitrogens with zero attached hydrogens (tertiary/aromatic N) is 1. The summed E-state index contributed by atoms with van der Waals surface area (Å²) < 4.78 is 0. The standard InChI is InChI=1S/C10H14N2O2S/c1-7(6-13)12-9(14)8-4-3-5-11-10(8)15-2/h3-5,7,13H,6H2,1-2H3,(H,12,14)/t7-/m1/s1. The van der Waals surface area contributed by atoms with Crippen LogP contribution in [0, 0.1) is 0 Å². The molecular weight excluding hydrogens is 212 g/mol. The lowest BCUT2D eigenvalue weighted by atomic mass is 10.2. The van der Waals surface area contributed by atoms with Crippen molar-refractivity contribution in [1.82, 2.24) is 10.3 Å². The van der Waals surface area contributed by atoms with E-state index < -0.39 is 0 Å². The van der Waals surface area contributed by atoms with Gasteiger partial charge < -0.3 is 10.4 Å². The van der Waals surface area contributed by atoms with E-state index >= 15 is 0 Å². The van der Waals surface area contributed by atoms with Crippen LogP contribution in [0.2, 0.25) is 0 Å². The second-order valence-electron chi connectivity index (χ2n) is 3.12. The van der Waals surface area contributed by atoms with Gasteiger partial charge in [0.1, 0.15) is 5.03 Å². The Balaban J connectivity index is 2.81. The van der Waals surface area contributed by atoms with Gasteiger partial charge in [-0.1, -0.05) is 0 Å². The van der Waals surface area contributed by atoms with Gasteiger partial charge in [0.05, 0.1) is 12.2 Å². The number of aliphatic hydroxyl groups excluding tert-OH is 1. The Morgan fingerprint density at radius 2 is 2.47 bits per heavy atom. The van der Waals surface area contributed by atoms with E-state index in [1.54, 1.807) is 25.3 Å². The Hall–Kier alpha value is -1.07. The van der Waals surface area contributed by atoms with E-state index in [0.717, 1.165) is 0 Å². The fraction of sp³-hybridized carbons (Fsp3) is 0.400. The molecule has 1 atom stereocenters. The number of carbonyl (C=O) groups excluding carboxylic acids is 1. The normalized spacial score (nSPS) is 12.2. The molecule has 1 aromatic heterocycles. The van der Waals surface area contributed by atoms with Crippen LogP contribution >= 0.6 is 11.8 Å². The first kappa shape index (κ1) is 12.0. The molecule has 4 nitrogen and oxygen atoms in total. The van der Waals surface area contributed by atoms with Crippen LogP contribution in [0.3, 0.4) is 0 Å². The van der Waals surface area contributed by atoms with Gasteiger partial charge in [-0.25, -0.2) is 4.98 Å². The molecule has 5 heteroatoms. The van der Waals surface area contributed by atoms with E-state index in [-0.39, 0.29) is 18.6 Å².